The molecular formula is C16H26N4O2. The van der Waals surface area contributed by atoms with Crippen molar-refractivity contribution in [3.8, 4) is 0 Å². The molecule has 1 amide bonds. The third kappa shape index (κ3) is 4.89. The molecule has 0 unspecified atom stereocenters. The van der Waals surface area contributed by atoms with Crippen LogP contribution in [-0.4, -0.2) is 56.2 Å². The highest BCUT2D eigenvalue weighted by Crippen LogP contribution is 2.19. The summed E-state index contributed by atoms with van der Waals surface area (Å²) in [5.41, 5.74) is 8.09. The first-order valence-electron chi connectivity index (χ1n) is 7.80. The number of amides is 1. The molecule has 6 heteroatoms. The zero-order valence-electron chi connectivity index (χ0n) is 13.4. The van der Waals surface area contributed by atoms with Gasteiger partial charge in [-0.1, -0.05) is 0 Å². The highest BCUT2D eigenvalue weighted by atomic mass is 16.5. The molecule has 0 aromatic heterocycles. The second-order valence-electron chi connectivity index (χ2n) is 5.81. The summed E-state index contributed by atoms with van der Waals surface area (Å²) in [7, 11) is 0. The maximum atomic E-state index is 11.9. The average molecular weight is 306 g/mol. The Morgan fingerprint density at radius 2 is 2.09 bits per heavy atom. The van der Waals surface area contributed by atoms with E-state index in [1.165, 1.54) is 0 Å². The molecule has 122 valence electrons. The van der Waals surface area contributed by atoms with Crippen molar-refractivity contribution in [1.82, 2.24) is 10.2 Å². The van der Waals surface area contributed by atoms with Crippen molar-refractivity contribution in [1.29, 1.82) is 0 Å². The van der Waals surface area contributed by atoms with Crippen molar-refractivity contribution < 1.29 is 9.53 Å². The first kappa shape index (κ1) is 16.6. The van der Waals surface area contributed by atoms with E-state index >= 15 is 0 Å². The molecule has 6 nitrogen and oxygen atoms in total. The summed E-state index contributed by atoms with van der Waals surface area (Å²) in [5, 5.41) is 6.19. The van der Waals surface area contributed by atoms with Crippen LogP contribution in [0.3, 0.4) is 0 Å². The number of carbonyl (C=O) groups excluding carboxylic acids is 1. The fourth-order valence-electron chi connectivity index (χ4n) is 2.38. The van der Waals surface area contributed by atoms with E-state index in [4.69, 9.17) is 10.5 Å². The van der Waals surface area contributed by atoms with Crippen LogP contribution in [0, 0.1) is 0 Å². The van der Waals surface area contributed by atoms with Crippen LogP contribution < -0.4 is 16.4 Å². The SMILES string of the molecule is CC(C)NC(=O)c1ccc(NCCN2CCOCC2)c(N)c1. The number of benzene rings is 1. The molecule has 1 aliphatic heterocycles. The molecule has 0 atom stereocenters. The number of ether oxygens (including phenoxy) is 1. The minimum atomic E-state index is -0.0958. The van der Waals surface area contributed by atoms with Crippen LogP contribution in [0.2, 0.25) is 0 Å². The van der Waals surface area contributed by atoms with Crippen molar-refractivity contribution in [3.05, 3.63) is 23.8 Å². The molecule has 0 saturated carbocycles. The summed E-state index contributed by atoms with van der Waals surface area (Å²) >= 11 is 0. The Balaban J connectivity index is 1.85. The van der Waals surface area contributed by atoms with Crippen LogP contribution in [0.5, 0.6) is 0 Å². The van der Waals surface area contributed by atoms with Crippen LogP contribution in [-0.2, 0) is 4.74 Å². The summed E-state index contributed by atoms with van der Waals surface area (Å²) in [6, 6.07) is 5.49. The zero-order valence-corrected chi connectivity index (χ0v) is 13.4. The lowest BCUT2D eigenvalue weighted by atomic mass is 10.1. The summed E-state index contributed by atoms with van der Waals surface area (Å²) in [6.07, 6.45) is 0. The number of rotatable bonds is 6. The van der Waals surface area contributed by atoms with Crippen molar-refractivity contribution in [3.63, 3.8) is 0 Å². The number of anilines is 2. The van der Waals surface area contributed by atoms with Gasteiger partial charge in [-0.3, -0.25) is 9.69 Å². The fourth-order valence-corrected chi connectivity index (χ4v) is 2.38. The number of nitrogens with two attached hydrogens (primary N) is 1. The van der Waals surface area contributed by atoms with Crippen LogP contribution >= 0.6 is 0 Å². The first-order valence-corrected chi connectivity index (χ1v) is 7.80. The van der Waals surface area contributed by atoms with Crippen LogP contribution in [0.1, 0.15) is 24.2 Å². The molecule has 0 spiro atoms. The van der Waals surface area contributed by atoms with Gasteiger partial charge in [-0.2, -0.15) is 0 Å². The van der Waals surface area contributed by atoms with E-state index < -0.39 is 0 Å². The van der Waals surface area contributed by atoms with Gasteiger partial charge in [0.05, 0.1) is 24.6 Å². The molecular weight excluding hydrogens is 280 g/mol. The summed E-state index contributed by atoms with van der Waals surface area (Å²) in [4.78, 5) is 14.3. The second-order valence-corrected chi connectivity index (χ2v) is 5.81. The largest absolute Gasteiger partial charge is 0.397 e. The Bertz CT molecular complexity index is 499. The first-order chi connectivity index (χ1) is 10.6. The maximum absolute atomic E-state index is 11.9. The third-order valence-electron chi connectivity index (χ3n) is 3.58. The highest BCUT2D eigenvalue weighted by Gasteiger charge is 2.11. The number of hydrogen-bond donors (Lipinski definition) is 3. The molecule has 1 fully saturated rings. The predicted octanol–water partition coefficient (Wildman–Crippen LogP) is 1.15. The number of hydrogen-bond acceptors (Lipinski definition) is 5. The van der Waals surface area contributed by atoms with E-state index in [0.717, 1.165) is 45.1 Å². The molecule has 1 aliphatic rings. The molecule has 0 aliphatic carbocycles. The Labute approximate surface area is 132 Å². The van der Waals surface area contributed by atoms with E-state index in [1.54, 1.807) is 12.1 Å². The van der Waals surface area contributed by atoms with Gasteiger partial charge in [0, 0.05) is 37.8 Å². The van der Waals surface area contributed by atoms with Crippen molar-refractivity contribution in [2.45, 2.75) is 19.9 Å². The van der Waals surface area contributed by atoms with Gasteiger partial charge >= 0.3 is 0 Å². The van der Waals surface area contributed by atoms with E-state index in [-0.39, 0.29) is 11.9 Å². The quantitative estimate of drug-likeness (QED) is 0.687. The molecule has 0 bridgehead atoms. The molecule has 2 rings (SSSR count). The van der Waals surface area contributed by atoms with Gasteiger partial charge in [-0.25, -0.2) is 0 Å². The van der Waals surface area contributed by atoms with Gasteiger partial charge in [-0.05, 0) is 32.0 Å². The van der Waals surface area contributed by atoms with Gasteiger partial charge in [0.2, 0.25) is 0 Å². The number of nitrogens with one attached hydrogen (secondary N) is 2. The molecule has 22 heavy (non-hydrogen) atoms. The number of morpholine rings is 1. The number of carbonyl (C=O) groups is 1. The maximum Gasteiger partial charge on any atom is 0.251 e. The van der Waals surface area contributed by atoms with Crippen molar-refractivity contribution in [2.75, 3.05) is 50.4 Å². The molecule has 0 radical (unpaired) electrons. The average Bonchev–Trinajstić information content (AvgIpc) is 2.49. The molecule has 4 N–H and O–H groups in total. The monoisotopic (exact) mass is 306 g/mol. The van der Waals surface area contributed by atoms with Crippen LogP contribution in [0.4, 0.5) is 11.4 Å². The number of nitrogens with zero attached hydrogens (tertiary/aromatic N) is 1. The second kappa shape index (κ2) is 8.00. The van der Waals surface area contributed by atoms with Gasteiger partial charge in [0.15, 0.2) is 0 Å². The van der Waals surface area contributed by atoms with E-state index in [1.807, 2.05) is 19.9 Å². The van der Waals surface area contributed by atoms with E-state index in [0.29, 0.717) is 11.3 Å². The molecule has 1 aromatic carbocycles. The van der Waals surface area contributed by atoms with Gasteiger partial charge in [0.25, 0.3) is 5.91 Å². The Hall–Kier alpha value is -1.79. The minimum Gasteiger partial charge on any atom is -0.397 e. The lowest BCUT2D eigenvalue weighted by Crippen LogP contribution is -2.39. The summed E-state index contributed by atoms with van der Waals surface area (Å²) in [5.74, 6) is -0.0958. The zero-order chi connectivity index (χ0) is 15.9. The predicted molar refractivity (Wildman–Crippen MR) is 89.2 cm³/mol. The van der Waals surface area contributed by atoms with Gasteiger partial charge in [0.1, 0.15) is 0 Å². The van der Waals surface area contributed by atoms with Crippen LogP contribution in [0.15, 0.2) is 18.2 Å². The number of nitrogen functional groups attached to an aromatic ring is 1. The molecule has 1 heterocycles. The van der Waals surface area contributed by atoms with Crippen LogP contribution in [0.25, 0.3) is 0 Å². The van der Waals surface area contributed by atoms with Gasteiger partial charge < -0.3 is 21.1 Å². The lowest BCUT2D eigenvalue weighted by molar-refractivity contribution is 0.0398. The third-order valence-corrected chi connectivity index (χ3v) is 3.58. The Kier molecular flexibility index (Phi) is 6.03. The van der Waals surface area contributed by atoms with Crippen molar-refractivity contribution in [2.24, 2.45) is 0 Å². The molecule has 1 saturated heterocycles. The van der Waals surface area contributed by atoms with Gasteiger partial charge in [-0.15, -0.1) is 0 Å². The van der Waals surface area contributed by atoms with Crippen molar-refractivity contribution >= 4 is 17.3 Å². The Morgan fingerprint density at radius 1 is 1.36 bits per heavy atom. The standard InChI is InChI=1S/C16H26N4O2/c1-12(2)19-16(21)13-3-4-15(14(17)11-13)18-5-6-20-7-9-22-10-8-20/h3-4,11-12,18H,5-10,17H2,1-2H3,(H,19,21). The minimum absolute atomic E-state index is 0.0958. The highest BCUT2D eigenvalue weighted by molar-refractivity contribution is 5.96. The van der Waals surface area contributed by atoms with E-state index in [9.17, 15) is 4.79 Å². The fraction of sp³-hybridized carbons (Fsp3) is 0.562. The topological polar surface area (TPSA) is 79.6 Å². The lowest BCUT2D eigenvalue weighted by Gasteiger charge is -2.26. The Morgan fingerprint density at radius 3 is 2.73 bits per heavy atom. The molecule has 1 aromatic rings. The normalized spacial score (nSPS) is 15.8. The van der Waals surface area contributed by atoms with E-state index in [2.05, 4.69) is 15.5 Å². The summed E-state index contributed by atoms with van der Waals surface area (Å²) < 4.78 is 5.33. The summed E-state index contributed by atoms with van der Waals surface area (Å²) in [6.45, 7) is 9.21. The smallest absolute Gasteiger partial charge is 0.251 e.